The van der Waals surface area contributed by atoms with Gasteiger partial charge in [-0.05, 0) is 25.0 Å². The predicted molar refractivity (Wildman–Crippen MR) is 73.9 cm³/mol. The number of anilines is 1. The normalized spacial score (nSPS) is 10.9. The maximum Gasteiger partial charge on any atom is 0.339 e. The van der Waals surface area contributed by atoms with Crippen LogP contribution < -0.4 is 11.1 Å². The number of hydrogen-bond acceptors (Lipinski definition) is 4. The van der Waals surface area contributed by atoms with Gasteiger partial charge in [-0.1, -0.05) is 26.0 Å². The molecule has 0 heterocycles. The summed E-state index contributed by atoms with van der Waals surface area (Å²) in [6, 6.07) is 6.68. The van der Waals surface area contributed by atoms with Crippen LogP contribution in [0.1, 0.15) is 37.0 Å². The first-order chi connectivity index (χ1) is 8.98. The van der Waals surface area contributed by atoms with Crippen molar-refractivity contribution in [2.24, 2.45) is 5.73 Å². The van der Waals surface area contributed by atoms with Crippen LogP contribution in [0.15, 0.2) is 24.3 Å². The second-order valence-corrected chi connectivity index (χ2v) is 4.35. The highest BCUT2D eigenvalue weighted by Gasteiger charge is 2.30. The molecule has 1 rings (SSSR count). The molecule has 1 aromatic rings. The van der Waals surface area contributed by atoms with Crippen LogP contribution in [0, 0.1) is 0 Å². The van der Waals surface area contributed by atoms with Crippen molar-refractivity contribution < 1.29 is 14.3 Å². The van der Waals surface area contributed by atoms with Crippen LogP contribution in [-0.2, 0) is 9.53 Å². The summed E-state index contributed by atoms with van der Waals surface area (Å²) in [7, 11) is 1.30. The van der Waals surface area contributed by atoms with E-state index in [4.69, 9.17) is 5.73 Å². The zero-order valence-corrected chi connectivity index (χ0v) is 11.5. The van der Waals surface area contributed by atoms with Gasteiger partial charge in [0.05, 0.1) is 23.9 Å². The molecule has 5 heteroatoms. The van der Waals surface area contributed by atoms with Crippen molar-refractivity contribution in [3.05, 3.63) is 29.8 Å². The van der Waals surface area contributed by atoms with E-state index in [-0.39, 0.29) is 5.91 Å². The number of carbonyl (C=O) groups excluding carboxylic acids is 2. The molecule has 0 bridgehead atoms. The third kappa shape index (κ3) is 3.32. The lowest BCUT2D eigenvalue weighted by Crippen LogP contribution is -2.50. The second kappa shape index (κ2) is 6.33. The smallest absolute Gasteiger partial charge is 0.339 e. The summed E-state index contributed by atoms with van der Waals surface area (Å²) in [5, 5.41) is 2.70. The van der Waals surface area contributed by atoms with E-state index in [1.165, 1.54) is 7.11 Å². The lowest BCUT2D eigenvalue weighted by molar-refractivity contribution is -0.121. The Morgan fingerprint density at radius 1 is 1.26 bits per heavy atom. The zero-order chi connectivity index (χ0) is 14.5. The van der Waals surface area contributed by atoms with Crippen molar-refractivity contribution in [1.29, 1.82) is 0 Å². The molecule has 0 atom stereocenters. The van der Waals surface area contributed by atoms with Gasteiger partial charge in [-0.3, -0.25) is 4.79 Å². The number of hydrogen-bond donors (Lipinski definition) is 2. The highest BCUT2D eigenvalue weighted by Crippen LogP contribution is 2.19. The predicted octanol–water partition coefficient (Wildman–Crippen LogP) is 1.93. The minimum Gasteiger partial charge on any atom is -0.465 e. The van der Waals surface area contributed by atoms with Crippen LogP contribution in [-0.4, -0.2) is 24.5 Å². The number of esters is 1. The first-order valence-electron chi connectivity index (χ1n) is 6.26. The molecule has 1 aromatic carbocycles. The molecule has 3 N–H and O–H groups in total. The number of nitrogens with one attached hydrogen (secondary N) is 1. The van der Waals surface area contributed by atoms with Crippen LogP contribution in [0.2, 0.25) is 0 Å². The molecule has 19 heavy (non-hydrogen) atoms. The summed E-state index contributed by atoms with van der Waals surface area (Å²) in [5.41, 5.74) is 5.82. The topological polar surface area (TPSA) is 81.4 Å². The minimum absolute atomic E-state index is 0.297. The lowest BCUT2D eigenvalue weighted by atomic mass is 9.93. The number of amides is 1. The number of para-hydroxylation sites is 1. The zero-order valence-electron chi connectivity index (χ0n) is 11.5. The van der Waals surface area contributed by atoms with Gasteiger partial charge in [0.1, 0.15) is 0 Å². The Hall–Kier alpha value is -1.88. The van der Waals surface area contributed by atoms with E-state index in [0.29, 0.717) is 24.1 Å². The molecule has 1 amide bonds. The number of ether oxygens (including phenoxy) is 1. The maximum absolute atomic E-state index is 12.2. The molecule has 0 aliphatic rings. The quantitative estimate of drug-likeness (QED) is 0.796. The van der Waals surface area contributed by atoms with E-state index in [1.54, 1.807) is 24.3 Å². The van der Waals surface area contributed by atoms with Gasteiger partial charge in [0.15, 0.2) is 0 Å². The van der Waals surface area contributed by atoms with Crippen LogP contribution in [0.25, 0.3) is 0 Å². The van der Waals surface area contributed by atoms with E-state index in [0.717, 1.165) is 0 Å². The molecule has 0 saturated carbocycles. The van der Waals surface area contributed by atoms with E-state index < -0.39 is 11.5 Å². The highest BCUT2D eigenvalue weighted by molar-refractivity contribution is 6.04. The maximum atomic E-state index is 12.2. The van der Waals surface area contributed by atoms with E-state index in [1.807, 2.05) is 13.8 Å². The molecule has 0 aromatic heterocycles. The molecular weight excluding hydrogens is 244 g/mol. The fourth-order valence-electron chi connectivity index (χ4n) is 1.70. The van der Waals surface area contributed by atoms with Gasteiger partial charge >= 0.3 is 5.97 Å². The Kier molecular flexibility index (Phi) is 5.06. The molecule has 0 aliphatic heterocycles. The SMILES string of the molecule is CCC(N)(CC)C(=O)Nc1ccccc1C(=O)OC. The first-order valence-corrected chi connectivity index (χ1v) is 6.26. The van der Waals surface area contributed by atoms with Gasteiger partial charge in [0.25, 0.3) is 0 Å². The third-order valence-corrected chi connectivity index (χ3v) is 3.29. The number of methoxy groups -OCH3 is 1. The van der Waals surface area contributed by atoms with E-state index in [9.17, 15) is 9.59 Å². The van der Waals surface area contributed by atoms with Crippen molar-refractivity contribution in [1.82, 2.24) is 0 Å². The second-order valence-electron chi connectivity index (χ2n) is 4.35. The lowest BCUT2D eigenvalue weighted by Gasteiger charge is -2.25. The largest absolute Gasteiger partial charge is 0.465 e. The monoisotopic (exact) mass is 264 g/mol. The number of nitrogens with two attached hydrogens (primary N) is 1. The summed E-state index contributed by atoms with van der Waals surface area (Å²) in [6.07, 6.45) is 1.05. The van der Waals surface area contributed by atoms with Gasteiger partial charge in [-0.15, -0.1) is 0 Å². The summed E-state index contributed by atoms with van der Waals surface area (Å²) < 4.78 is 4.68. The van der Waals surface area contributed by atoms with Crippen molar-refractivity contribution in [2.75, 3.05) is 12.4 Å². The Morgan fingerprint density at radius 2 is 1.84 bits per heavy atom. The van der Waals surface area contributed by atoms with Crippen LogP contribution in [0.3, 0.4) is 0 Å². The van der Waals surface area contributed by atoms with E-state index >= 15 is 0 Å². The molecule has 5 nitrogen and oxygen atoms in total. The fraction of sp³-hybridized carbons (Fsp3) is 0.429. The highest BCUT2D eigenvalue weighted by atomic mass is 16.5. The third-order valence-electron chi connectivity index (χ3n) is 3.29. The Bertz CT molecular complexity index is 468. The first kappa shape index (κ1) is 15.2. The summed E-state index contributed by atoms with van der Waals surface area (Å²) in [6.45, 7) is 3.71. The molecule has 104 valence electrons. The average molecular weight is 264 g/mol. The standard InChI is InChI=1S/C14H20N2O3/c1-4-14(15,5-2)13(18)16-11-9-7-6-8-10(11)12(17)19-3/h6-9H,4-5,15H2,1-3H3,(H,16,18). The number of benzene rings is 1. The van der Waals surface area contributed by atoms with Crippen LogP contribution in [0.4, 0.5) is 5.69 Å². The van der Waals surface area contributed by atoms with Gasteiger partial charge in [-0.2, -0.15) is 0 Å². The molecule has 0 fully saturated rings. The average Bonchev–Trinajstić information content (AvgIpc) is 2.46. The Balaban J connectivity index is 3.00. The number of rotatable bonds is 5. The molecule has 0 radical (unpaired) electrons. The molecular formula is C14H20N2O3. The summed E-state index contributed by atoms with van der Waals surface area (Å²) >= 11 is 0. The van der Waals surface area contributed by atoms with Crippen molar-refractivity contribution in [3.63, 3.8) is 0 Å². The van der Waals surface area contributed by atoms with Gasteiger partial charge in [0.2, 0.25) is 5.91 Å². The summed E-state index contributed by atoms with van der Waals surface area (Å²) in [4.78, 5) is 23.8. The minimum atomic E-state index is -0.927. The van der Waals surface area contributed by atoms with Gasteiger partial charge in [-0.25, -0.2) is 4.79 Å². The molecule has 0 spiro atoms. The van der Waals surface area contributed by atoms with Crippen molar-refractivity contribution in [3.8, 4) is 0 Å². The Labute approximate surface area is 113 Å². The van der Waals surface area contributed by atoms with Crippen LogP contribution in [0.5, 0.6) is 0 Å². The van der Waals surface area contributed by atoms with E-state index in [2.05, 4.69) is 10.1 Å². The molecule has 0 aliphatic carbocycles. The van der Waals surface area contributed by atoms with Gasteiger partial charge in [0, 0.05) is 0 Å². The molecule has 0 unspecified atom stereocenters. The molecule has 0 saturated heterocycles. The Morgan fingerprint density at radius 3 is 2.37 bits per heavy atom. The number of carbonyl (C=O) groups is 2. The summed E-state index contributed by atoms with van der Waals surface area (Å²) in [5.74, 6) is -0.791. The van der Waals surface area contributed by atoms with Crippen LogP contribution >= 0.6 is 0 Å². The van der Waals surface area contributed by atoms with Crippen molar-refractivity contribution in [2.45, 2.75) is 32.2 Å². The van der Waals surface area contributed by atoms with Gasteiger partial charge < -0.3 is 15.8 Å². The van der Waals surface area contributed by atoms with Crippen molar-refractivity contribution >= 4 is 17.6 Å². The fourth-order valence-corrected chi connectivity index (χ4v) is 1.70.